The molecule has 8 heteroatoms. The topological polar surface area (TPSA) is 98.1 Å². The molecule has 1 N–H and O–H groups in total. The van der Waals surface area contributed by atoms with Crippen molar-refractivity contribution in [3.63, 3.8) is 0 Å². The van der Waals surface area contributed by atoms with Crippen LogP contribution in [0.5, 0.6) is 0 Å². The summed E-state index contributed by atoms with van der Waals surface area (Å²) in [5.74, 6) is 3.51. The van der Waals surface area contributed by atoms with E-state index >= 15 is 0 Å². The highest BCUT2D eigenvalue weighted by Gasteiger charge is 2.16. The lowest BCUT2D eigenvalue weighted by atomic mass is 9.86. The van der Waals surface area contributed by atoms with Crippen LogP contribution in [0.3, 0.4) is 0 Å². The van der Waals surface area contributed by atoms with Gasteiger partial charge in [-0.3, -0.25) is 4.98 Å². The van der Waals surface area contributed by atoms with Crippen molar-refractivity contribution >= 4 is 0 Å². The molecule has 0 saturated heterocycles. The summed E-state index contributed by atoms with van der Waals surface area (Å²) in [5, 5.41) is 19.2. The van der Waals surface area contributed by atoms with Gasteiger partial charge in [0.2, 0.25) is 0 Å². The van der Waals surface area contributed by atoms with Gasteiger partial charge in [0, 0.05) is 36.7 Å². The lowest BCUT2D eigenvalue weighted by molar-refractivity contribution is 0.337. The molecule has 0 radical (unpaired) electrons. The van der Waals surface area contributed by atoms with E-state index in [1.165, 1.54) is 38.5 Å². The van der Waals surface area contributed by atoms with Crippen molar-refractivity contribution in [2.24, 2.45) is 5.92 Å². The fourth-order valence-corrected chi connectivity index (χ4v) is 4.92. The molecule has 0 bridgehead atoms. The molecule has 1 fully saturated rings. The van der Waals surface area contributed by atoms with Crippen LogP contribution in [0.15, 0.2) is 42.6 Å². The van der Waals surface area contributed by atoms with E-state index in [1.807, 2.05) is 30.5 Å². The van der Waals surface area contributed by atoms with Gasteiger partial charge in [-0.1, -0.05) is 69.4 Å². The largest absolute Gasteiger partial charge is 0.256 e. The molecule has 8 nitrogen and oxygen atoms in total. The lowest BCUT2D eigenvalue weighted by Gasteiger charge is -2.20. The number of rotatable bonds is 9. The number of aryl methyl sites for hydroxylation is 2. The molecule has 34 heavy (non-hydrogen) atoms. The molecule has 0 amide bonds. The molecule has 0 unspecified atom stereocenters. The molecule has 3 aromatic heterocycles. The highest BCUT2D eigenvalue weighted by atomic mass is 15.5. The van der Waals surface area contributed by atoms with Gasteiger partial charge in [-0.05, 0) is 40.8 Å². The van der Waals surface area contributed by atoms with Crippen molar-refractivity contribution in [1.82, 2.24) is 40.4 Å². The average molecular weight is 457 g/mol. The Hall–Kier alpha value is -3.42. The molecule has 0 atom stereocenters. The van der Waals surface area contributed by atoms with Crippen LogP contribution in [-0.4, -0.2) is 40.4 Å². The summed E-state index contributed by atoms with van der Waals surface area (Å²) in [6.07, 6.45) is 12.8. The zero-order chi connectivity index (χ0) is 23.2. The first-order chi connectivity index (χ1) is 16.8. The molecular formula is C26H32N8. The molecule has 1 saturated carbocycles. The van der Waals surface area contributed by atoms with Gasteiger partial charge < -0.3 is 0 Å². The second-order valence-corrected chi connectivity index (χ2v) is 9.23. The van der Waals surface area contributed by atoms with Crippen molar-refractivity contribution in [1.29, 1.82) is 0 Å². The van der Waals surface area contributed by atoms with Gasteiger partial charge in [0.05, 0.1) is 5.69 Å². The van der Waals surface area contributed by atoms with E-state index in [1.54, 1.807) is 0 Å². The SMILES string of the molecule is CCCn1nc(CCC2CCCCC2)nc1Cc1ccc(-c2ccccc2-c2nnn[nH]2)nc1. The molecule has 3 heterocycles. The number of nitrogens with one attached hydrogen (secondary N) is 1. The zero-order valence-corrected chi connectivity index (χ0v) is 19.8. The van der Waals surface area contributed by atoms with E-state index in [0.717, 1.165) is 65.8 Å². The monoisotopic (exact) mass is 456 g/mol. The molecular weight excluding hydrogens is 424 g/mol. The summed E-state index contributed by atoms with van der Waals surface area (Å²) in [5.41, 5.74) is 3.94. The van der Waals surface area contributed by atoms with Crippen molar-refractivity contribution in [3.05, 3.63) is 59.8 Å². The number of benzene rings is 1. The number of aromatic amines is 1. The van der Waals surface area contributed by atoms with Crippen LogP contribution in [0.1, 0.15) is 69.1 Å². The standard InChI is InChI=1S/C26H32N8/c1-2-16-34-25(28-24(31-34)15-13-19-8-4-3-5-9-19)17-20-12-14-23(27-18-20)21-10-6-7-11-22(21)26-29-32-33-30-26/h6-7,10-12,14,18-19H,2-5,8-9,13,15-17H2,1H3,(H,29,30,32,33). The van der Waals surface area contributed by atoms with Gasteiger partial charge in [-0.15, -0.1) is 5.10 Å². The van der Waals surface area contributed by atoms with Crippen LogP contribution in [0, 0.1) is 5.92 Å². The third kappa shape index (κ3) is 5.21. The first-order valence-electron chi connectivity index (χ1n) is 12.5. The molecule has 1 aromatic carbocycles. The van der Waals surface area contributed by atoms with Crippen LogP contribution < -0.4 is 0 Å². The fraction of sp³-hybridized carbons (Fsp3) is 0.462. The van der Waals surface area contributed by atoms with Crippen LogP contribution in [0.4, 0.5) is 0 Å². The van der Waals surface area contributed by atoms with E-state index in [2.05, 4.69) is 44.4 Å². The van der Waals surface area contributed by atoms with Gasteiger partial charge >= 0.3 is 0 Å². The summed E-state index contributed by atoms with van der Waals surface area (Å²) >= 11 is 0. The normalized spacial score (nSPS) is 14.5. The molecule has 1 aliphatic rings. The second kappa shape index (κ2) is 10.7. The Balaban J connectivity index is 1.30. The van der Waals surface area contributed by atoms with Gasteiger partial charge in [-0.25, -0.2) is 14.8 Å². The van der Waals surface area contributed by atoms with Crippen LogP contribution in [0.25, 0.3) is 22.6 Å². The van der Waals surface area contributed by atoms with Gasteiger partial charge in [0.1, 0.15) is 5.82 Å². The molecule has 176 valence electrons. The number of hydrogen-bond acceptors (Lipinski definition) is 6. The number of hydrogen-bond donors (Lipinski definition) is 1. The maximum Gasteiger partial charge on any atom is 0.180 e. The predicted molar refractivity (Wildman–Crippen MR) is 131 cm³/mol. The van der Waals surface area contributed by atoms with Gasteiger partial charge in [0.25, 0.3) is 0 Å². The zero-order valence-electron chi connectivity index (χ0n) is 19.8. The van der Waals surface area contributed by atoms with Crippen molar-refractivity contribution in [2.45, 2.75) is 71.3 Å². The Bertz CT molecular complexity index is 1170. The maximum absolute atomic E-state index is 4.93. The van der Waals surface area contributed by atoms with E-state index in [4.69, 9.17) is 15.1 Å². The highest BCUT2D eigenvalue weighted by molar-refractivity contribution is 5.78. The smallest absolute Gasteiger partial charge is 0.180 e. The Labute approximate surface area is 200 Å². The quantitative estimate of drug-likeness (QED) is 0.379. The first-order valence-corrected chi connectivity index (χ1v) is 12.5. The minimum absolute atomic E-state index is 0.634. The average Bonchev–Trinajstić information content (AvgIpc) is 3.55. The third-order valence-corrected chi connectivity index (χ3v) is 6.72. The number of tetrazole rings is 1. The van der Waals surface area contributed by atoms with E-state index in [9.17, 15) is 0 Å². The molecule has 4 aromatic rings. The molecule has 0 aliphatic heterocycles. The molecule has 1 aliphatic carbocycles. The number of pyridine rings is 1. The summed E-state index contributed by atoms with van der Waals surface area (Å²) < 4.78 is 2.09. The first kappa shape index (κ1) is 22.4. The lowest BCUT2D eigenvalue weighted by Crippen LogP contribution is -2.08. The van der Waals surface area contributed by atoms with Crippen molar-refractivity contribution < 1.29 is 0 Å². The van der Waals surface area contributed by atoms with Crippen LogP contribution in [-0.2, 0) is 19.4 Å². The number of aromatic nitrogens is 8. The Morgan fingerprint density at radius 3 is 2.62 bits per heavy atom. The third-order valence-electron chi connectivity index (χ3n) is 6.72. The summed E-state index contributed by atoms with van der Waals surface area (Å²) in [6.45, 7) is 3.08. The predicted octanol–water partition coefficient (Wildman–Crippen LogP) is 5.03. The van der Waals surface area contributed by atoms with Gasteiger partial charge in [0.15, 0.2) is 11.6 Å². The minimum atomic E-state index is 0.634. The highest BCUT2D eigenvalue weighted by Crippen LogP contribution is 2.29. The fourth-order valence-electron chi connectivity index (χ4n) is 4.92. The van der Waals surface area contributed by atoms with E-state index < -0.39 is 0 Å². The minimum Gasteiger partial charge on any atom is -0.256 e. The van der Waals surface area contributed by atoms with Crippen LogP contribution in [0.2, 0.25) is 0 Å². The Morgan fingerprint density at radius 2 is 1.88 bits per heavy atom. The summed E-state index contributed by atoms with van der Waals surface area (Å²) in [4.78, 5) is 9.69. The Kier molecular flexibility index (Phi) is 7.02. The molecule has 5 rings (SSSR count). The van der Waals surface area contributed by atoms with Crippen LogP contribution >= 0.6 is 0 Å². The second-order valence-electron chi connectivity index (χ2n) is 9.23. The van der Waals surface area contributed by atoms with E-state index in [-0.39, 0.29) is 0 Å². The Morgan fingerprint density at radius 1 is 1.03 bits per heavy atom. The summed E-state index contributed by atoms with van der Waals surface area (Å²) in [6, 6.07) is 12.2. The number of nitrogens with zero attached hydrogens (tertiary/aromatic N) is 7. The molecule has 0 spiro atoms. The van der Waals surface area contributed by atoms with E-state index in [0.29, 0.717) is 5.82 Å². The van der Waals surface area contributed by atoms with Crippen molar-refractivity contribution in [3.8, 4) is 22.6 Å². The maximum atomic E-state index is 4.93. The number of H-pyrrole nitrogens is 1. The van der Waals surface area contributed by atoms with Gasteiger partial charge in [-0.2, -0.15) is 5.10 Å². The summed E-state index contributed by atoms with van der Waals surface area (Å²) in [7, 11) is 0. The van der Waals surface area contributed by atoms with Crippen molar-refractivity contribution in [2.75, 3.05) is 0 Å².